The van der Waals surface area contributed by atoms with Gasteiger partial charge in [-0.15, -0.1) is 11.8 Å². The van der Waals surface area contributed by atoms with Crippen LogP contribution in [0.1, 0.15) is 12.5 Å². The molecule has 0 bridgehead atoms. The molecule has 19 heavy (non-hydrogen) atoms. The van der Waals surface area contributed by atoms with Gasteiger partial charge in [-0.3, -0.25) is 14.4 Å². The molecular formula is C13H18N2O3S. The number of carbonyl (C=O) groups is 2. The summed E-state index contributed by atoms with van der Waals surface area (Å²) in [7, 11) is 1.37. The highest BCUT2D eigenvalue weighted by Gasteiger charge is 2.14. The fourth-order valence-corrected chi connectivity index (χ4v) is 1.97. The van der Waals surface area contributed by atoms with E-state index in [0.29, 0.717) is 0 Å². The van der Waals surface area contributed by atoms with Crippen molar-refractivity contribution in [3.8, 4) is 0 Å². The van der Waals surface area contributed by atoms with Gasteiger partial charge in [-0.1, -0.05) is 17.7 Å². The molecule has 1 atom stereocenters. The molecule has 1 unspecified atom stereocenters. The van der Waals surface area contributed by atoms with Crippen LogP contribution in [0, 0.1) is 6.92 Å². The average molecular weight is 282 g/mol. The van der Waals surface area contributed by atoms with Crippen LogP contribution in [0.25, 0.3) is 0 Å². The summed E-state index contributed by atoms with van der Waals surface area (Å²) < 4.78 is 0. The van der Waals surface area contributed by atoms with Crippen molar-refractivity contribution < 1.29 is 14.4 Å². The number of amides is 2. The van der Waals surface area contributed by atoms with Crippen LogP contribution in [0.3, 0.4) is 0 Å². The minimum Gasteiger partial charge on any atom is -0.325 e. The normalized spacial score (nSPS) is 11.7. The first kappa shape index (κ1) is 15.5. The van der Waals surface area contributed by atoms with Crippen LogP contribution < -0.4 is 10.8 Å². The van der Waals surface area contributed by atoms with Gasteiger partial charge in [-0.2, -0.15) is 0 Å². The molecule has 0 heterocycles. The van der Waals surface area contributed by atoms with E-state index >= 15 is 0 Å². The molecule has 6 heteroatoms. The fourth-order valence-electron chi connectivity index (χ4n) is 1.29. The Morgan fingerprint density at radius 3 is 2.53 bits per heavy atom. The van der Waals surface area contributed by atoms with Crippen molar-refractivity contribution in [1.82, 2.24) is 5.48 Å². The van der Waals surface area contributed by atoms with Gasteiger partial charge in [-0.25, -0.2) is 5.48 Å². The van der Waals surface area contributed by atoms with Gasteiger partial charge >= 0.3 is 0 Å². The molecule has 0 spiro atoms. The highest BCUT2D eigenvalue weighted by Crippen LogP contribution is 2.13. The Morgan fingerprint density at radius 2 is 1.95 bits per heavy atom. The lowest BCUT2D eigenvalue weighted by Crippen LogP contribution is -2.31. The zero-order chi connectivity index (χ0) is 14.3. The summed E-state index contributed by atoms with van der Waals surface area (Å²) in [6, 6.07) is 7.55. The Balaban J connectivity index is 2.35. The first-order valence-electron chi connectivity index (χ1n) is 5.84. The molecular weight excluding hydrogens is 264 g/mol. The highest BCUT2D eigenvalue weighted by atomic mass is 32.2. The van der Waals surface area contributed by atoms with Crippen molar-refractivity contribution >= 4 is 29.3 Å². The quantitative estimate of drug-likeness (QED) is 0.780. The number of hydroxylamine groups is 1. The largest absolute Gasteiger partial charge is 0.325 e. The summed E-state index contributed by atoms with van der Waals surface area (Å²) in [6.07, 6.45) is 0. The van der Waals surface area contributed by atoms with Gasteiger partial charge in [0.15, 0.2) is 0 Å². The zero-order valence-electron chi connectivity index (χ0n) is 11.2. The van der Waals surface area contributed by atoms with E-state index in [1.807, 2.05) is 31.2 Å². The Bertz CT molecular complexity index is 434. The van der Waals surface area contributed by atoms with Crippen molar-refractivity contribution in [2.75, 3.05) is 18.2 Å². The average Bonchev–Trinajstić information content (AvgIpc) is 2.39. The van der Waals surface area contributed by atoms with Gasteiger partial charge in [0.05, 0.1) is 18.1 Å². The Morgan fingerprint density at radius 1 is 1.32 bits per heavy atom. The zero-order valence-corrected chi connectivity index (χ0v) is 12.0. The second-order valence-electron chi connectivity index (χ2n) is 4.04. The fraction of sp³-hybridized carbons (Fsp3) is 0.385. The Hall–Kier alpha value is -1.53. The van der Waals surface area contributed by atoms with Crippen molar-refractivity contribution in [2.45, 2.75) is 19.1 Å². The van der Waals surface area contributed by atoms with Gasteiger partial charge in [0, 0.05) is 5.69 Å². The molecule has 1 rings (SSSR count). The molecule has 1 aromatic rings. The standard InChI is InChI=1S/C13H18N2O3S/c1-9-4-6-11(7-5-9)14-12(16)8-19-10(2)13(17)15-18-3/h4-7,10H,8H2,1-3H3,(H,14,16)(H,15,17). The lowest BCUT2D eigenvalue weighted by molar-refractivity contribution is -0.130. The predicted molar refractivity (Wildman–Crippen MR) is 76.9 cm³/mol. The maximum absolute atomic E-state index is 11.7. The van der Waals surface area contributed by atoms with E-state index < -0.39 is 0 Å². The van der Waals surface area contributed by atoms with Crippen LogP contribution >= 0.6 is 11.8 Å². The molecule has 0 radical (unpaired) electrons. The Labute approximate surface area is 117 Å². The number of nitrogens with one attached hydrogen (secondary N) is 2. The molecule has 0 aromatic heterocycles. The number of anilines is 1. The number of thioether (sulfide) groups is 1. The topological polar surface area (TPSA) is 67.4 Å². The maximum atomic E-state index is 11.7. The van der Waals surface area contributed by atoms with Crippen molar-refractivity contribution in [2.24, 2.45) is 0 Å². The van der Waals surface area contributed by atoms with Gasteiger partial charge in [0.2, 0.25) is 5.91 Å². The first-order valence-corrected chi connectivity index (χ1v) is 6.88. The summed E-state index contributed by atoms with van der Waals surface area (Å²) in [5.41, 5.74) is 4.12. The second-order valence-corrected chi connectivity index (χ2v) is 5.37. The van der Waals surface area contributed by atoms with Gasteiger partial charge in [0.25, 0.3) is 5.91 Å². The summed E-state index contributed by atoms with van der Waals surface area (Å²) in [5, 5.41) is 2.43. The molecule has 104 valence electrons. The van der Waals surface area contributed by atoms with Crippen molar-refractivity contribution in [1.29, 1.82) is 0 Å². The predicted octanol–water partition coefficient (Wildman–Crippen LogP) is 1.73. The molecule has 0 aliphatic rings. The third kappa shape index (κ3) is 5.76. The number of hydrogen-bond acceptors (Lipinski definition) is 4. The van der Waals surface area contributed by atoms with E-state index in [1.165, 1.54) is 18.9 Å². The molecule has 2 amide bonds. The monoisotopic (exact) mass is 282 g/mol. The van der Waals surface area contributed by atoms with E-state index in [4.69, 9.17) is 0 Å². The molecule has 0 fully saturated rings. The minimum atomic E-state index is -0.344. The third-order valence-electron chi connectivity index (χ3n) is 2.37. The van der Waals surface area contributed by atoms with Crippen LogP contribution in [0.2, 0.25) is 0 Å². The van der Waals surface area contributed by atoms with Crippen LogP contribution in [0.4, 0.5) is 5.69 Å². The number of rotatable bonds is 6. The SMILES string of the molecule is CONC(=O)C(C)SCC(=O)Nc1ccc(C)cc1. The van der Waals surface area contributed by atoms with E-state index in [2.05, 4.69) is 15.6 Å². The van der Waals surface area contributed by atoms with Crippen molar-refractivity contribution in [3.63, 3.8) is 0 Å². The van der Waals surface area contributed by atoms with E-state index in [-0.39, 0.29) is 22.8 Å². The number of aryl methyl sites for hydroxylation is 1. The van der Waals surface area contributed by atoms with Crippen LogP contribution in [0.5, 0.6) is 0 Å². The summed E-state index contributed by atoms with van der Waals surface area (Å²) in [5.74, 6) is -0.173. The number of carbonyl (C=O) groups excluding carboxylic acids is 2. The Kier molecular flexibility index (Phi) is 6.38. The van der Waals surface area contributed by atoms with E-state index in [0.717, 1.165) is 11.3 Å². The lowest BCUT2D eigenvalue weighted by atomic mass is 10.2. The first-order chi connectivity index (χ1) is 9.02. The van der Waals surface area contributed by atoms with Gasteiger partial charge < -0.3 is 5.32 Å². The number of hydrogen-bond donors (Lipinski definition) is 2. The van der Waals surface area contributed by atoms with Crippen LogP contribution in [0.15, 0.2) is 24.3 Å². The summed E-state index contributed by atoms with van der Waals surface area (Å²) in [6.45, 7) is 3.70. The van der Waals surface area contributed by atoms with E-state index in [9.17, 15) is 9.59 Å². The molecule has 0 aliphatic carbocycles. The molecule has 5 nitrogen and oxygen atoms in total. The minimum absolute atomic E-state index is 0.133. The molecule has 0 saturated carbocycles. The molecule has 0 aliphatic heterocycles. The highest BCUT2D eigenvalue weighted by molar-refractivity contribution is 8.01. The van der Waals surface area contributed by atoms with Crippen LogP contribution in [-0.2, 0) is 14.4 Å². The van der Waals surface area contributed by atoms with Crippen molar-refractivity contribution in [3.05, 3.63) is 29.8 Å². The summed E-state index contributed by atoms with van der Waals surface area (Å²) >= 11 is 1.25. The van der Waals surface area contributed by atoms with Crippen LogP contribution in [-0.4, -0.2) is 29.9 Å². The molecule has 0 saturated heterocycles. The maximum Gasteiger partial charge on any atom is 0.256 e. The van der Waals surface area contributed by atoms with Gasteiger partial charge in [0.1, 0.15) is 0 Å². The summed E-state index contributed by atoms with van der Waals surface area (Å²) in [4.78, 5) is 27.6. The van der Waals surface area contributed by atoms with E-state index in [1.54, 1.807) is 6.92 Å². The molecule has 2 N–H and O–H groups in total. The second kappa shape index (κ2) is 7.81. The van der Waals surface area contributed by atoms with Gasteiger partial charge in [-0.05, 0) is 26.0 Å². The number of benzene rings is 1. The lowest BCUT2D eigenvalue weighted by Gasteiger charge is -2.10. The third-order valence-corrected chi connectivity index (χ3v) is 3.51. The molecule has 1 aromatic carbocycles. The smallest absolute Gasteiger partial charge is 0.256 e.